The van der Waals surface area contributed by atoms with Gasteiger partial charge in [-0.05, 0) is 12.5 Å². The van der Waals surface area contributed by atoms with E-state index in [9.17, 15) is 14.4 Å². The number of aliphatic imine (C=N–C) groups is 1. The minimum atomic E-state index is -0.657. The molecule has 0 aliphatic carbocycles. The van der Waals surface area contributed by atoms with Crippen molar-refractivity contribution < 1.29 is 18.8 Å². The molecule has 4 amide bonds. The summed E-state index contributed by atoms with van der Waals surface area (Å²) in [6.45, 7) is 5.70. The van der Waals surface area contributed by atoms with Gasteiger partial charge in [0.1, 0.15) is 0 Å². The van der Waals surface area contributed by atoms with E-state index in [0.717, 1.165) is 22.2 Å². The SMILES string of the molecule is C=CCN1C(=O)N=C(C)C(Cc2nnc(SCC(=O)NCc3ccccc3)o2)C1=O. The molecular formula is C20H21N5O4S. The average Bonchev–Trinajstić information content (AvgIpc) is 3.19. The number of carbonyl (C=O) groups excluding carboxylic acids is 3. The van der Waals surface area contributed by atoms with E-state index >= 15 is 0 Å². The van der Waals surface area contributed by atoms with Crippen LogP contribution in [0, 0.1) is 5.92 Å². The van der Waals surface area contributed by atoms with Gasteiger partial charge in [0.2, 0.25) is 17.7 Å². The van der Waals surface area contributed by atoms with Crippen molar-refractivity contribution in [3.05, 3.63) is 54.4 Å². The molecule has 0 fully saturated rings. The van der Waals surface area contributed by atoms with Crippen molar-refractivity contribution in [3.8, 4) is 0 Å². The van der Waals surface area contributed by atoms with E-state index in [1.165, 1.54) is 6.08 Å². The Hall–Kier alpha value is -3.27. The van der Waals surface area contributed by atoms with E-state index in [0.29, 0.717) is 12.3 Å². The Morgan fingerprint density at radius 1 is 1.30 bits per heavy atom. The van der Waals surface area contributed by atoms with Crippen LogP contribution in [0.2, 0.25) is 0 Å². The van der Waals surface area contributed by atoms with Crippen molar-refractivity contribution in [2.45, 2.75) is 25.1 Å². The van der Waals surface area contributed by atoms with Crippen molar-refractivity contribution in [2.75, 3.05) is 12.3 Å². The molecule has 3 rings (SSSR count). The normalized spacial score (nSPS) is 16.4. The second-order valence-corrected chi connectivity index (χ2v) is 7.47. The maximum absolute atomic E-state index is 12.6. The molecule has 2 aromatic rings. The maximum atomic E-state index is 12.6. The molecule has 1 N–H and O–H groups in total. The third-order valence-corrected chi connectivity index (χ3v) is 5.19. The molecule has 0 bridgehead atoms. The number of benzene rings is 1. The van der Waals surface area contributed by atoms with Crippen molar-refractivity contribution >= 4 is 35.3 Å². The molecule has 156 valence electrons. The number of thioether (sulfide) groups is 1. The molecule has 0 radical (unpaired) electrons. The third-order valence-electron chi connectivity index (χ3n) is 4.37. The van der Waals surface area contributed by atoms with E-state index < -0.39 is 11.9 Å². The predicted molar refractivity (Wildman–Crippen MR) is 111 cm³/mol. The number of hydrogen-bond donors (Lipinski definition) is 1. The molecule has 10 heteroatoms. The summed E-state index contributed by atoms with van der Waals surface area (Å²) in [5.74, 6) is -0.829. The summed E-state index contributed by atoms with van der Waals surface area (Å²) < 4.78 is 5.55. The minimum absolute atomic E-state index is 0.0912. The fraction of sp³-hybridized carbons (Fsp3) is 0.300. The zero-order valence-corrected chi connectivity index (χ0v) is 17.2. The van der Waals surface area contributed by atoms with Crippen molar-refractivity contribution in [1.82, 2.24) is 20.4 Å². The quantitative estimate of drug-likeness (QED) is 0.482. The smallest absolute Gasteiger partial charge is 0.350 e. The lowest BCUT2D eigenvalue weighted by Crippen LogP contribution is -2.46. The number of imide groups is 1. The van der Waals surface area contributed by atoms with Crippen LogP contribution in [0.4, 0.5) is 4.79 Å². The van der Waals surface area contributed by atoms with E-state index in [1.807, 2.05) is 30.3 Å². The molecular weight excluding hydrogens is 406 g/mol. The molecule has 1 aliphatic rings. The number of carbonyl (C=O) groups is 3. The first-order chi connectivity index (χ1) is 14.5. The van der Waals surface area contributed by atoms with E-state index in [1.54, 1.807) is 6.92 Å². The first-order valence-corrected chi connectivity index (χ1v) is 10.2. The molecule has 9 nitrogen and oxygen atoms in total. The van der Waals surface area contributed by atoms with E-state index in [4.69, 9.17) is 4.42 Å². The Labute approximate surface area is 177 Å². The van der Waals surface area contributed by atoms with Crippen LogP contribution < -0.4 is 5.32 Å². The Morgan fingerprint density at radius 3 is 2.80 bits per heavy atom. The molecule has 0 saturated carbocycles. The van der Waals surface area contributed by atoms with Crippen LogP contribution in [0.25, 0.3) is 0 Å². The number of aromatic nitrogens is 2. The molecule has 0 saturated heterocycles. The van der Waals surface area contributed by atoms with Gasteiger partial charge in [-0.3, -0.25) is 14.5 Å². The second kappa shape index (κ2) is 9.97. The molecule has 1 aromatic carbocycles. The fourth-order valence-electron chi connectivity index (χ4n) is 2.81. The highest BCUT2D eigenvalue weighted by Gasteiger charge is 2.36. The highest BCUT2D eigenvalue weighted by molar-refractivity contribution is 7.99. The van der Waals surface area contributed by atoms with Gasteiger partial charge in [-0.15, -0.1) is 16.8 Å². The molecule has 30 heavy (non-hydrogen) atoms. The summed E-state index contributed by atoms with van der Waals surface area (Å²) >= 11 is 1.11. The van der Waals surface area contributed by atoms with Crippen LogP contribution in [-0.4, -0.2) is 51.0 Å². The van der Waals surface area contributed by atoms with Crippen molar-refractivity contribution in [3.63, 3.8) is 0 Å². The van der Waals surface area contributed by atoms with E-state index in [2.05, 4.69) is 27.1 Å². The summed E-state index contributed by atoms with van der Waals surface area (Å²) in [6.07, 6.45) is 1.59. The number of nitrogens with zero attached hydrogens (tertiary/aromatic N) is 4. The lowest BCUT2D eigenvalue weighted by Gasteiger charge is -2.27. The molecule has 1 unspecified atom stereocenters. The van der Waals surface area contributed by atoms with Crippen LogP contribution in [0.3, 0.4) is 0 Å². The van der Waals surface area contributed by atoms with Crippen molar-refractivity contribution in [1.29, 1.82) is 0 Å². The van der Waals surface area contributed by atoms with Gasteiger partial charge in [0, 0.05) is 25.2 Å². The van der Waals surface area contributed by atoms with Gasteiger partial charge in [0.25, 0.3) is 5.22 Å². The number of rotatable bonds is 9. The third kappa shape index (κ3) is 5.41. The summed E-state index contributed by atoms with van der Waals surface area (Å²) in [4.78, 5) is 41.4. The van der Waals surface area contributed by atoms with Crippen molar-refractivity contribution in [2.24, 2.45) is 10.9 Å². The van der Waals surface area contributed by atoms with Gasteiger partial charge in [-0.25, -0.2) is 9.79 Å². The first kappa shape index (κ1) is 21.4. The van der Waals surface area contributed by atoms with Gasteiger partial charge < -0.3 is 9.73 Å². The van der Waals surface area contributed by atoms with Crippen LogP contribution in [0.15, 0.2) is 57.6 Å². The Balaban J connectivity index is 1.52. The zero-order chi connectivity index (χ0) is 21.5. The predicted octanol–water partition coefficient (Wildman–Crippen LogP) is 2.25. The number of amides is 4. The summed E-state index contributed by atoms with van der Waals surface area (Å²) in [5.41, 5.74) is 1.41. The molecule has 1 aromatic heterocycles. The van der Waals surface area contributed by atoms with Gasteiger partial charge in [0.05, 0.1) is 11.7 Å². The molecule has 1 atom stereocenters. The van der Waals surface area contributed by atoms with Gasteiger partial charge >= 0.3 is 6.03 Å². The first-order valence-electron chi connectivity index (χ1n) is 9.25. The topological polar surface area (TPSA) is 118 Å². The van der Waals surface area contributed by atoms with Gasteiger partial charge in [-0.1, -0.05) is 48.2 Å². The number of hydrogen-bond acceptors (Lipinski definition) is 7. The summed E-state index contributed by atoms with van der Waals surface area (Å²) in [5, 5.41) is 10.9. The summed E-state index contributed by atoms with van der Waals surface area (Å²) in [7, 11) is 0. The lowest BCUT2D eigenvalue weighted by atomic mass is 9.97. The largest absolute Gasteiger partial charge is 0.416 e. The summed E-state index contributed by atoms with van der Waals surface area (Å²) in [6, 6.07) is 8.99. The Bertz CT molecular complexity index is 973. The second-order valence-electron chi connectivity index (χ2n) is 6.54. The number of urea groups is 1. The zero-order valence-electron chi connectivity index (χ0n) is 16.4. The van der Waals surface area contributed by atoms with Crippen LogP contribution in [0.5, 0.6) is 0 Å². The molecule has 0 spiro atoms. The fourth-order valence-corrected chi connectivity index (χ4v) is 3.42. The minimum Gasteiger partial charge on any atom is -0.416 e. The highest BCUT2D eigenvalue weighted by Crippen LogP contribution is 2.21. The molecule has 1 aliphatic heterocycles. The van der Waals surface area contributed by atoms with Gasteiger partial charge in [0.15, 0.2) is 0 Å². The highest BCUT2D eigenvalue weighted by atomic mass is 32.2. The standard InChI is InChI=1S/C20H21N5O4S/c1-3-9-25-18(27)15(13(2)22-19(25)28)10-17-23-24-20(29-17)30-12-16(26)21-11-14-7-5-4-6-8-14/h3-8,15H,1,9-12H2,2H3,(H,21,26). The lowest BCUT2D eigenvalue weighted by molar-refractivity contribution is -0.130. The average molecular weight is 427 g/mol. The monoisotopic (exact) mass is 427 g/mol. The number of nitrogens with one attached hydrogen (secondary N) is 1. The van der Waals surface area contributed by atoms with Crippen LogP contribution >= 0.6 is 11.8 Å². The maximum Gasteiger partial charge on any atom is 0.350 e. The van der Waals surface area contributed by atoms with E-state index in [-0.39, 0.29) is 41.6 Å². The Morgan fingerprint density at radius 2 is 2.07 bits per heavy atom. The molecule has 2 heterocycles. The van der Waals surface area contributed by atoms with Crippen LogP contribution in [0.1, 0.15) is 18.4 Å². The van der Waals surface area contributed by atoms with Crippen LogP contribution in [-0.2, 0) is 22.6 Å². The van der Waals surface area contributed by atoms with Gasteiger partial charge in [-0.2, -0.15) is 0 Å². The Kier molecular flexibility index (Phi) is 7.12.